The first-order chi connectivity index (χ1) is 7.29. The second-order valence-electron chi connectivity index (χ2n) is 4.53. The molecule has 90 valence electrons. The molecule has 0 aromatic heterocycles. The van der Waals surface area contributed by atoms with Crippen LogP contribution in [0.3, 0.4) is 0 Å². The van der Waals surface area contributed by atoms with Crippen LogP contribution in [0.2, 0.25) is 0 Å². The smallest absolute Gasteiger partial charge is 0.176 e. The van der Waals surface area contributed by atoms with E-state index in [4.69, 9.17) is 62.7 Å². The second-order valence-corrected chi connectivity index (χ2v) is 7.52. The number of carbonyl (C=O) groups excluding carboxylic acids is 1. The number of ketones is 1. The average molecular weight is 324 g/mol. The molecule has 2 aliphatic carbocycles. The van der Waals surface area contributed by atoms with E-state index in [9.17, 15) is 4.79 Å². The summed E-state index contributed by atoms with van der Waals surface area (Å²) in [6, 6.07) is 0. The van der Waals surface area contributed by atoms with Crippen molar-refractivity contribution in [1.29, 1.82) is 0 Å². The van der Waals surface area contributed by atoms with E-state index in [1.807, 2.05) is 0 Å². The van der Waals surface area contributed by atoms with Gasteiger partial charge in [-0.15, -0.1) is 34.8 Å². The van der Waals surface area contributed by atoms with Gasteiger partial charge in [0.05, 0.1) is 13.2 Å². The molecule has 0 aromatic rings. The number of hydrogen-bond donors (Lipinski definition) is 0. The number of hydrogen-bond acceptors (Lipinski definition) is 2. The lowest BCUT2D eigenvalue weighted by atomic mass is 9.80. The largest absolute Gasteiger partial charge is 0.381 e. The molecule has 5 atom stereocenters. The molecule has 2 bridgehead atoms. The van der Waals surface area contributed by atoms with Gasteiger partial charge in [-0.3, -0.25) is 4.79 Å². The number of alkyl halides is 5. The molecule has 0 spiro atoms. The van der Waals surface area contributed by atoms with Gasteiger partial charge in [0.15, 0.2) is 10.1 Å². The highest BCUT2D eigenvalue weighted by molar-refractivity contribution is 6.67. The van der Waals surface area contributed by atoms with Gasteiger partial charge in [-0.25, -0.2) is 0 Å². The summed E-state index contributed by atoms with van der Waals surface area (Å²) in [4.78, 5) is 9.42. The Morgan fingerprint density at radius 1 is 1.12 bits per heavy atom. The fourth-order valence-electron chi connectivity index (χ4n) is 3.16. The molecule has 3 fully saturated rings. The van der Waals surface area contributed by atoms with Gasteiger partial charge in [0.2, 0.25) is 0 Å². The van der Waals surface area contributed by atoms with Gasteiger partial charge in [0.1, 0.15) is 15.1 Å². The van der Waals surface area contributed by atoms with Crippen LogP contribution in [-0.4, -0.2) is 38.5 Å². The highest BCUT2D eigenvalue weighted by atomic mass is 35.5. The number of ether oxygens (including phenoxy) is 1. The predicted molar refractivity (Wildman–Crippen MR) is 64.1 cm³/mol. The zero-order valence-corrected chi connectivity index (χ0v) is 11.6. The van der Waals surface area contributed by atoms with Crippen LogP contribution < -0.4 is 0 Å². The minimum atomic E-state index is -1.55. The maximum atomic E-state index is 12.1. The van der Waals surface area contributed by atoms with Crippen molar-refractivity contribution in [3.8, 4) is 0 Å². The van der Waals surface area contributed by atoms with Crippen molar-refractivity contribution in [2.45, 2.75) is 19.5 Å². The third-order valence-electron chi connectivity index (χ3n) is 4.03. The summed E-state index contributed by atoms with van der Waals surface area (Å²) in [5, 5.41) is -0.968. The maximum Gasteiger partial charge on any atom is 0.176 e. The first-order valence-corrected chi connectivity index (χ1v) is 6.76. The van der Waals surface area contributed by atoms with Crippen LogP contribution in [0.5, 0.6) is 0 Å². The normalized spacial score (nSPS) is 58.1. The van der Waals surface area contributed by atoms with Crippen LogP contribution in [0.25, 0.3) is 0 Å². The van der Waals surface area contributed by atoms with E-state index in [-0.39, 0.29) is 17.6 Å². The summed E-state index contributed by atoms with van der Waals surface area (Å²) in [5.41, 5.74) is 0. The van der Waals surface area contributed by atoms with E-state index in [2.05, 4.69) is 0 Å². The van der Waals surface area contributed by atoms with E-state index < -0.39 is 19.5 Å². The summed E-state index contributed by atoms with van der Waals surface area (Å²) in [6.45, 7) is 0.736. The monoisotopic (exact) mass is 322 g/mol. The van der Waals surface area contributed by atoms with Crippen molar-refractivity contribution in [3.05, 3.63) is 0 Å². The SMILES string of the molecule is O=C1[C@H](Cl)[C@]2(Cl)[C@@H]3COC[C@@H]3[C@@]1(Cl)C2(Cl)Cl. The van der Waals surface area contributed by atoms with Crippen LogP contribution in [0, 0.1) is 11.8 Å². The van der Waals surface area contributed by atoms with E-state index in [0.717, 1.165) is 0 Å². The first kappa shape index (κ1) is 12.1. The molecule has 3 aliphatic rings. The van der Waals surface area contributed by atoms with Gasteiger partial charge < -0.3 is 4.74 Å². The second kappa shape index (κ2) is 3.15. The molecule has 0 radical (unpaired) electrons. The molecule has 1 aliphatic heterocycles. The lowest BCUT2D eigenvalue weighted by Gasteiger charge is -2.33. The zero-order chi connectivity index (χ0) is 11.9. The van der Waals surface area contributed by atoms with Crippen LogP contribution in [0.1, 0.15) is 0 Å². The van der Waals surface area contributed by atoms with Gasteiger partial charge in [-0.1, -0.05) is 23.2 Å². The fraction of sp³-hybridized carbons (Fsp3) is 0.889. The Balaban J connectivity index is 2.25. The molecule has 16 heavy (non-hydrogen) atoms. The van der Waals surface area contributed by atoms with Gasteiger partial charge in [-0.05, 0) is 0 Å². The lowest BCUT2D eigenvalue weighted by molar-refractivity contribution is -0.122. The van der Waals surface area contributed by atoms with E-state index in [0.29, 0.717) is 13.2 Å². The van der Waals surface area contributed by atoms with Crippen molar-refractivity contribution < 1.29 is 9.53 Å². The topological polar surface area (TPSA) is 26.3 Å². The third-order valence-corrected chi connectivity index (χ3v) is 7.82. The Bertz CT molecular complexity index is 386. The quantitative estimate of drug-likeness (QED) is 0.640. The molecule has 2 saturated carbocycles. The molecule has 0 unspecified atom stereocenters. The molecular formula is C9H7Cl5O2. The molecule has 2 nitrogen and oxygen atoms in total. The number of fused-ring (bicyclic) bond motifs is 5. The van der Waals surface area contributed by atoms with Gasteiger partial charge in [0.25, 0.3) is 0 Å². The lowest BCUT2D eigenvalue weighted by Crippen LogP contribution is -2.49. The molecule has 0 N–H and O–H groups in total. The van der Waals surface area contributed by atoms with E-state index in [1.165, 1.54) is 0 Å². The highest BCUT2D eigenvalue weighted by Crippen LogP contribution is 2.73. The average Bonchev–Trinajstić information content (AvgIpc) is 2.78. The minimum absolute atomic E-state index is 0.179. The molecular weight excluding hydrogens is 317 g/mol. The first-order valence-electron chi connectivity index (χ1n) is 4.81. The van der Waals surface area contributed by atoms with Gasteiger partial charge >= 0.3 is 0 Å². The van der Waals surface area contributed by atoms with Crippen molar-refractivity contribution in [3.63, 3.8) is 0 Å². The third kappa shape index (κ3) is 0.918. The van der Waals surface area contributed by atoms with Crippen LogP contribution in [-0.2, 0) is 9.53 Å². The fourth-order valence-corrected chi connectivity index (χ4v) is 5.79. The van der Waals surface area contributed by atoms with E-state index in [1.54, 1.807) is 0 Å². The molecule has 7 heteroatoms. The molecule has 1 heterocycles. The van der Waals surface area contributed by atoms with Crippen molar-refractivity contribution in [2.75, 3.05) is 13.2 Å². The van der Waals surface area contributed by atoms with Crippen LogP contribution >= 0.6 is 58.0 Å². The number of halogens is 5. The van der Waals surface area contributed by atoms with Crippen molar-refractivity contribution >= 4 is 63.8 Å². The zero-order valence-electron chi connectivity index (χ0n) is 7.85. The maximum absolute atomic E-state index is 12.1. The molecule has 0 aromatic carbocycles. The Labute approximate surface area is 117 Å². The number of carbonyl (C=O) groups is 1. The highest BCUT2D eigenvalue weighted by Gasteiger charge is 2.87. The van der Waals surface area contributed by atoms with Gasteiger partial charge in [-0.2, -0.15) is 0 Å². The summed E-state index contributed by atoms with van der Waals surface area (Å²) in [5.74, 6) is -0.825. The summed E-state index contributed by atoms with van der Waals surface area (Å²) in [6.07, 6.45) is 0. The predicted octanol–water partition coefficient (Wildman–Crippen LogP) is 2.58. The summed E-state index contributed by atoms with van der Waals surface area (Å²) < 4.78 is 3.77. The Kier molecular flexibility index (Phi) is 2.39. The van der Waals surface area contributed by atoms with Crippen LogP contribution in [0.15, 0.2) is 0 Å². The molecule has 1 saturated heterocycles. The Morgan fingerprint density at radius 2 is 1.69 bits per heavy atom. The van der Waals surface area contributed by atoms with Crippen LogP contribution in [0.4, 0.5) is 0 Å². The van der Waals surface area contributed by atoms with Gasteiger partial charge in [0, 0.05) is 11.8 Å². The standard InChI is InChI=1S/C9H7Cl5O2/c10-5-6(15)8(12)4-2-16-1-3(4)7(5,11)9(8,13)14/h3-5H,1-2H2/t3-,4+,5+,7-,8+/m1/s1. The molecule has 0 amide bonds. The summed E-state index contributed by atoms with van der Waals surface area (Å²) >= 11 is 31.3. The van der Waals surface area contributed by atoms with E-state index >= 15 is 0 Å². The van der Waals surface area contributed by atoms with Crippen molar-refractivity contribution in [2.24, 2.45) is 11.8 Å². The number of Topliss-reactive ketones (excluding diaryl/α,β-unsaturated/α-hetero) is 1. The van der Waals surface area contributed by atoms with Crippen molar-refractivity contribution in [1.82, 2.24) is 0 Å². The minimum Gasteiger partial charge on any atom is -0.381 e. The Hall–Kier alpha value is 1.08. The Morgan fingerprint density at radius 3 is 2.31 bits per heavy atom. The summed E-state index contributed by atoms with van der Waals surface area (Å²) in [7, 11) is 0. The number of rotatable bonds is 0. The molecule has 3 rings (SSSR count).